The second-order valence-corrected chi connectivity index (χ2v) is 4.27. The average Bonchev–Trinajstić information content (AvgIpc) is 2.47. The van der Waals surface area contributed by atoms with Gasteiger partial charge in [0.2, 0.25) is 0 Å². The highest BCUT2D eigenvalue weighted by atomic mass is 32.2. The fraction of sp³-hybridized carbons (Fsp3) is 0.667. The minimum absolute atomic E-state index is 0.255. The number of rotatable bonds is 2. The van der Waals surface area contributed by atoms with Crippen LogP contribution in [0.4, 0.5) is 0 Å². The van der Waals surface area contributed by atoms with Crippen molar-refractivity contribution >= 4 is 17.7 Å². The summed E-state index contributed by atoms with van der Waals surface area (Å²) in [7, 11) is 1.40. The van der Waals surface area contributed by atoms with Crippen LogP contribution >= 0.6 is 11.8 Å². The molecule has 0 aliphatic carbocycles. The van der Waals surface area contributed by atoms with Crippen LogP contribution in [0.15, 0.2) is 12.2 Å². The van der Waals surface area contributed by atoms with Gasteiger partial charge >= 0.3 is 5.97 Å². The van der Waals surface area contributed by atoms with Gasteiger partial charge in [-0.15, -0.1) is 0 Å². The molecule has 0 saturated carbocycles. The molecule has 1 aliphatic heterocycles. The molecule has 2 atom stereocenters. The highest BCUT2D eigenvalue weighted by Gasteiger charge is 2.21. The molecule has 0 aromatic heterocycles. The van der Waals surface area contributed by atoms with Gasteiger partial charge in [-0.2, -0.15) is 11.8 Å². The van der Waals surface area contributed by atoms with Gasteiger partial charge < -0.3 is 4.74 Å². The maximum atomic E-state index is 10.8. The van der Waals surface area contributed by atoms with E-state index in [-0.39, 0.29) is 5.97 Å². The number of carbonyl (C=O) groups is 1. The first-order valence-electron chi connectivity index (χ1n) is 4.12. The molecule has 2 unspecified atom stereocenters. The summed E-state index contributed by atoms with van der Waals surface area (Å²) in [5.74, 6) is 1.64. The van der Waals surface area contributed by atoms with Gasteiger partial charge in [0.15, 0.2) is 0 Å². The lowest BCUT2D eigenvalue weighted by Gasteiger charge is -2.07. The highest BCUT2D eigenvalue weighted by Crippen LogP contribution is 2.32. The Balaban J connectivity index is 2.39. The molecular formula is C9H14O2S. The van der Waals surface area contributed by atoms with Crippen molar-refractivity contribution in [2.45, 2.75) is 18.6 Å². The lowest BCUT2D eigenvalue weighted by Crippen LogP contribution is -2.05. The number of hydrogen-bond donors (Lipinski definition) is 0. The zero-order valence-corrected chi connectivity index (χ0v) is 8.26. The summed E-state index contributed by atoms with van der Waals surface area (Å²) >= 11 is 1.91. The van der Waals surface area contributed by atoms with Crippen LogP contribution in [-0.2, 0) is 9.53 Å². The van der Waals surface area contributed by atoms with E-state index in [1.54, 1.807) is 0 Å². The fourth-order valence-electron chi connectivity index (χ4n) is 1.21. The van der Waals surface area contributed by atoms with Gasteiger partial charge in [-0.3, -0.25) is 0 Å². The molecule has 12 heavy (non-hydrogen) atoms. The monoisotopic (exact) mass is 186 g/mol. The van der Waals surface area contributed by atoms with Crippen LogP contribution in [-0.4, -0.2) is 24.1 Å². The van der Waals surface area contributed by atoms with Crippen LogP contribution in [0.5, 0.6) is 0 Å². The van der Waals surface area contributed by atoms with E-state index in [2.05, 4.69) is 11.7 Å². The van der Waals surface area contributed by atoms with Crippen molar-refractivity contribution in [1.82, 2.24) is 0 Å². The highest BCUT2D eigenvalue weighted by molar-refractivity contribution is 8.00. The number of esters is 1. The van der Waals surface area contributed by atoms with Crippen molar-refractivity contribution in [3.05, 3.63) is 12.2 Å². The van der Waals surface area contributed by atoms with Crippen LogP contribution in [0.25, 0.3) is 0 Å². The largest absolute Gasteiger partial charge is 0.466 e. The SMILES string of the molecule is COC(=O)/C=C/C1SCCC1C. The molecule has 0 N–H and O–H groups in total. The number of carbonyl (C=O) groups excluding carboxylic acids is 1. The van der Waals surface area contributed by atoms with Crippen LogP contribution in [0, 0.1) is 5.92 Å². The molecule has 2 nitrogen and oxygen atoms in total. The Morgan fingerprint density at radius 2 is 2.42 bits per heavy atom. The summed E-state index contributed by atoms with van der Waals surface area (Å²) in [5, 5.41) is 0.504. The van der Waals surface area contributed by atoms with Crippen molar-refractivity contribution in [2.75, 3.05) is 12.9 Å². The van der Waals surface area contributed by atoms with Gasteiger partial charge in [-0.25, -0.2) is 4.79 Å². The number of hydrogen-bond acceptors (Lipinski definition) is 3. The quantitative estimate of drug-likeness (QED) is 0.486. The third-order valence-electron chi connectivity index (χ3n) is 2.07. The molecule has 0 radical (unpaired) electrons. The Morgan fingerprint density at radius 1 is 1.67 bits per heavy atom. The summed E-state index contributed by atoms with van der Waals surface area (Å²) in [6.45, 7) is 2.21. The molecule has 1 saturated heterocycles. The van der Waals surface area contributed by atoms with E-state index in [4.69, 9.17) is 0 Å². The molecule has 1 fully saturated rings. The second-order valence-electron chi connectivity index (χ2n) is 2.98. The molecule has 0 aromatic rings. The third-order valence-corrected chi connectivity index (χ3v) is 3.55. The topological polar surface area (TPSA) is 26.3 Å². The molecular weight excluding hydrogens is 172 g/mol. The van der Waals surface area contributed by atoms with Gasteiger partial charge in [0, 0.05) is 11.3 Å². The summed E-state index contributed by atoms with van der Waals surface area (Å²) in [6.07, 6.45) is 4.73. The smallest absolute Gasteiger partial charge is 0.330 e. The molecule has 0 bridgehead atoms. The molecule has 68 valence electrons. The summed E-state index contributed by atoms with van der Waals surface area (Å²) in [5.41, 5.74) is 0. The summed E-state index contributed by atoms with van der Waals surface area (Å²) in [4.78, 5) is 10.8. The molecule has 3 heteroatoms. The van der Waals surface area contributed by atoms with Gasteiger partial charge in [0.25, 0.3) is 0 Å². The number of ether oxygens (including phenoxy) is 1. The standard InChI is InChI=1S/C9H14O2S/c1-7-5-6-12-8(7)3-4-9(10)11-2/h3-4,7-8H,5-6H2,1-2H3/b4-3+. The minimum atomic E-state index is -0.255. The predicted molar refractivity (Wildman–Crippen MR) is 51.2 cm³/mol. The lowest BCUT2D eigenvalue weighted by molar-refractivity contribution is -0.134. The van der Waals surface area contributed by atoms with Crippen molar-refractivity contribution in [1.29, 1.82) is 0 Å². The van der Waals surface area contributed by atoms with Crippen molar-refractivity contribution < 1.29 is 9.53 Å². The molecule has 0 aromatic carbocycles. The van der Waals surface area contributed by atoms with E-state index >= 15 is 0 Å². The van der Waals surface area contributed by atoms with E-state index in [1.807, 2.05) is 17.8 Å². The first kappa shape index (κ1) is 9.65. The van der Waals surface area contributed by atoms with Crippen LogP contribution in [0.2, 0.25) is 0 Å². The van der Waals surface area contributed by atoms with E-state index < -0.39 is 0 Å². The van der Waals surface area contributed by atoms with Gasteiger partial charge in [0.05, 0.1) is 7.11 Å². The summed E-state index contributed by atoms with van der Waals surface area (Å²) < 4.78 is 4.51. The van der Waals surface area contributed by atoms with E-state index in [9.17, 15) is 4.79 Å². The van der Waals surface area contributed by atoms with Crippen molar-refractivity contribution in [3.63, 3.8) is 0 Å². The van der Waals surface area contributed by atoms with Crippen LogP contribution < -0.4 is 0 Å². The van der Waals surface area contributed by atoms with Gasteiger partial charge in [-0.05, 0) is 18.1 Å². The maximum absolute atomic E-state index is 10.8. The average molecular weight is 186 g/mol. The first-order valence-corrected chi connectivity index (χ1v) is 5.16. The zero-order chi connectivity index (χ0) is 8.97. The first-order chi connectivity index (χ1) is 5.74. The zero-order valence-electron chi connectivity index (χ0n) is 7.45. The van der Waals surface area contributed by atoms with E-state index in [1.165, 1.54) is 25.4 Å². The molecule has 0 spiro atoms. The minimum Gasteiger partial charge on any atom is -0.466 e. The summed E-state index contributed by atoms with van der Waals surface area (Å²) in [6, 6.07) is 0. The third kappa shape index (κ3) is 2.55. The number of thioether (sulfide) groups is 1. The Bertz CT molecular complexity index is 189. The van der Waals surface area contributed by atoms with Crippen molar-refractivity contribution in [3.8, 4) is 0 Å². The van der Waals surface area contributed by atoms with Gasteiger partial charge in [0.1, 0.15) is 0 Å². The van der Waals surface area contributed by atoms with Crippen LogP contribution in [0.1, 0.15) is 13.3 Å². The number of methoxy groups -OCH3 is 1. The molecule has 0 amide bonds. The second kappa shape index (κ2) is 4.55. The molecule has 1 aliphatic rings. The normalized spacial score (nSPS) is 29.5. The maximum Gasteiger partial charge on any atom is 0.330 e. The Hall–Kier alpha value is -0.440. The van der Waals surface area contributed by atoms with E-state index in [0.29, 0.717) is 11.2 Å². The van der Waals surface area contributed by atoms with Crippen LogP contribution in [0.3, 0.4) is 0 Å². The lowest BCUT2D eigenvalue weighted by atomic mass is 10.1. The predicted octanol–water partition coefficient (Wildman–Crippen LogP) is 1.86. The Kier molecular flexibility index (Phi) is 3.66. The Labute approximate surface area is 77.4 Å². The van der Waals surface area contributed by atoms with E-state index in [0.717, 1.165) is 0 Å². The Morgan fingerprint density at radius 3 is 2.92 bits per heavy atom. The van der Waals surface area contributed by atoms with Crippen molar-refractivity contribution in [2.24, 2.45) is 5.92 Å². The molecule has 1 rings (SSSR count). The molecule has 1 heterocycles. The fourth-order valence-corrected chi connectivity index (χ4v) is 2.64. The van der Waals surface area contributed by atoms with Gasteiger partial charge in [-0.1, -0.05) is 13.0 Å².